The normalized spacial score (nSPS) is 41.0. The lowest BCUT2D eigenvalue weighted by atomic mass is 9.59. The molecule has 0 aromatic heterocycles. The Bertz CT molecular complexity index is 311. The molecule has 3 heteroatoms. The van der Waals surface area contributed by atoms with Crippen molar-refractivity contribution < 1.29 is 9.32 Å². The molecule has 2 aliphatic rings. The van der Waals surface area contributed by atoms with Crippen molar-refractivity contribution in [3.63, 3.8) is 0 Å². The van der Waals surface area contributed by atoms with Crippen LogP contribution in [-0.4, -0.2) is 11.9 Å². The molecule has 0 bridgehead atoms. The molecule has 2 aliphatic carbocycles. The first-order valence-electron chi connectivity index (χ1n) is 5.67. The molecular formula is C12H19O2P. The van der Waals surface area contributed by atoms with Crippen molar-refractivity contribution in [3.8, 4) is 0 Å². The second-order valence-corrected chi connectivity index (χ2v) is 5.33. The summed E-state index contributed by atoms with van der Waals surface area (Å²) < 4.78 is 5.45. The number of carbonyl (C=O) groups excluding carboxylic acids is 1. The maximum Gasteiger partial charge on any atom is 0.155 e. The third kappa shape index (κ3) is 1.79. The van der Waals surface area contributed by atoms with Gasteiger partial charge in [0.2, 0.25) is 0 Å². The van der Waals surface area contributed by atoms with Gasteiger partial charge in [0.25, 0.3) is 0 Å². The van der Waals surface area contributed by atoms with Crippen LogP contribution in [0.25, 0.3) is 0 Å². The zero-order valence-electron chi connectivity index (χ0n) is 9.45. The summed E-state index contributed by atoms with van der Waals surface area (Å²) in [5.74, 6) is 0.808. The summed E-state index contributed by atoms with van der Waals surface area (Å²) in [6, 6.07) is 0. The van der Waals surface area contributed by atoms with E-state index in [0.717, 1.165) is 19.3 Å². The van der Waals surface area contributed by atoms with Crippen molar-refractivity contribution in [2.75, 3.05) is 0 Å². The molecule has 15 heavy (non-hydrogen) atoms. The Labute approximate surface area is 93.7 Å². The van der Waals surface area contributed by atoms with E-state index in [1.54, 1.807) is 0 Å². The predicted molar refractivity (Wildman–Crippen MR) is 63.4 cm³/mol. The van der Waals surface area contributed by atoms with Gasteiger partial charge >= 0.3 is 0 Å². The molecule has 1 saturated carbocycles. The molecule has 84 valence electrons. The number of hydrogen-bond acceptors (Lipinski definition) is 2. The maximum atomic E-state index is 11.4. The molecule has 0 aromatic carbocycles. The van der Waals surface area contributed by atoms with Crippen LogP contribution in [0.15, 0.2) is 11.6 Å². The Balaban J connectivity index is 2.30. The molecule has 0 amide bonds. The van der Waals surface area contributed by atoms with Crippen LogP contribution in [0.5, 0.6) is 0 Å². The van der Waals surface area contributed by atoms with Gasteiger partial charge in [-0.25, -0.2) is 0 Å². The number of hydrogen-bond donors (Lipinski definition) is 0. The monoisotopic (exact) mass is 226 g/mol. The lowest BCUT2D eigenvalue weighted by Gasteiger charge is -2.47. The highest BCUT2D eigenvalue weighted by atomic mass is 31.0. The number of fused-ring (bicyclic) bond motifs is 1. The van der Waals surface area contributed by atoms with Crippen LogP contribution in [0, 0.1) is 11.3 Å². The summed E-state index contributed by atoms with van der Waals surface area (Å²) in [5.41, 5.74) is 1.54. The standard InChI is InChI=1S/C12H19O2P/c1-8-11(14-15)4-3-9-7-10(13)5-6-12(8,9)2/h7-8,11H,3-6,15H2,1-2H3. The third-order valence-corrected chi connectivity index (χ3v) is 4.74. The number of allylic oxidation sites excluding steroid dienone is 2. The maximum absolute atomic E-state index is 11.4. The van der Waals surface area contributed by atoms with Crippen molar-refractivity contribution in [2.45, 2.75) is 45.6 Å². The van der Waals surface area contributed by atoms with Gasteiger partial charge in [-0.3, -0.25) is 4.79 Å². The molecule has 1 fully saturated rings. The molecule has 0 aromatic rings. The van der Waals surface area contributed by atoms with Gasteiger partial charge in [0.1, 0.15) is 0 Å². The molecule has 0 aliphatic heterocycles. The highest BCUT2D eigenvalue weighted by molar-refractivity contribution is 7.09. The van der Waals surface area contributed by atoms with Crippen LogP contribution < -0.4 is 0 Å². The largest absolute Gasteiger partial charge is 0.362 e. The fourth-order valence-corrected chi connectivity index (χ4v) is 3.37. The Morgan fingerprint density at radius 3 is 2.93 bits per heavy atom. The molecule has 2 nitrogen and oxygen atoms in total. The fraction of sp³-hybridized carbons (Fsp3) is 0.750. The minimum Gasteiger partial charge on any atom is -0.362 e. The summed E-state index contributed by atoms with van der Waals surface area (Å²) >= 11 is 0. The van der Waals surface area contributed by atoms with Crippen LogP contribution in [0.2, 0.25) is 0 Å². The molecule has 4 unspecified atom stereocenters. The van der Waals surface area contributed by atoms with Gasteiger partial charge in [-0.2, -0.15) is 0 Å². The van der Waals surface area contributed by atoms with Gasteiger partial charge < -0.3 is 4.52 Å². The molecule has 0 spiro atoms. The van der Waals surface area contributed by atoms with E-state index in [-0.39, 0.29) is 5.41 Å². The predicted octanol–water partition coefficient (Wildman–Crippen LogP) is 2.89. The summed E-state index contributed by atoms with van der Waals surface area (Å²) in [6.07, 6.45) is 5.96. The van der Waals surface area contributed by atoms with Gasteiger partial charge in [-0.05, 0) is 36.7 Å². The van der Waals surface area contributed by atoms with E-state index in [1.807, 2.05) is 6.08 Å². The number of rotatable bonds is 1. The first-order chi connectivity index (χ1) is 7.08. The first-order valence-corrected chi connectivity index (χ1v) is 6.14. The van der Waals surface area contributed by atoms with Crippen LogP contribution in [0.1, 0.15) is 39.5 Å². The number of carbonyl (C=O) groups is 1. The SMILES string of the molecule is CC1C(OP)CCC2=CC(=O)CCC21C. The van der Waals surface area contributed by atoms with Crippen LogP contribution in [-0.2, 0) is 9.32 Å². The minimum absolute atomic E-state index is 0.188. The molecule has 0 heterocycles. The summed E-state index contributed by atoms with van der Waals surface area (Å²) in [5, 5.41) is 0. The van der Waals surface area contributed by atoms with Crippen molar-refractivity contribution >= 4 is 15.2 Å². The van der Waals surface area contributed by atoms with Crippen LogP contribution >= 0.6 is 9.47 Å². The van der Waals surface area contributed by atoms with Crippen LogP contribution in [0.4, 0.5) is 0 Å². The first kappa shape index (κ1) is 11.3. The molecular weight excluding hydrogens is 207 g/mol. The molecule has 0 saturated heterocycles. The Hall–Kier alpha value is -0.200. The van der Waals surface area contributed by atoms with Crippen molar-refractivity contribution in [1.29, 1.82) is 0 Å². The van der Waals surface area contributed by atoms with E-state index < -0.39 is 0 Å². The zero-order chi connectivity index (χ0) is 11.1. The van der Waals surface area contributed by atoms with E-state index in [1.165, 1.54) is 5.57 Å². The summed E-state index contributed by atoms with van der Waals surface area (Å²) in [6.45, 7) is 4.53. The highest BCUT2D eigenvalue weighted by Gasteiger charge is 2.44. The third-order valence-electron chi connectivity index (χ3n) is 4.40. The molecule has 2 rings (SSSR count). The van der Waals surface area contributed by atoms with Gasteiger partial charge in [0.15, 0.2) is 5.78 Å². The van der Waals surface area contributed by atoms with Gasteiger partial charge in [-0.15, -0.1) is 0 Å². The van der Waals surface area contributed by atoms with E-state index in [4.69, 9.17) is 4.52 Å². The average Bonchev–Trinajstić information content (AvgIpc) is 2.22. The van der Waals surface area contributed by atoms with Crippen molar-refractivity contribution in [2.24, 2.45) is 11.3 Å². The summed E-state index contributed by atoms with van der Waals surface area (Å²) in [4.78, 5) is 11.4. The van der Waals surface area contributed by atoms with E-state index in [2.05, 4.69) is 23.3 Å². The van der Waals surface area contributed by atoms with E-state index >= 15 is 0 Å². The van der Waals surface area contributed by atoms with Gasteiger partial charge in [0, 0.05) is 15.9 Å². The number of ketones is 1. The topological polar surface area (TPSA) is 26.3 Å². The lowest BCUT2D eigenvalue weighted by Crippen LogP contribution is -2.42. The van der Waals surface area contributed by atoms with E-state index in [9.17, 15) is 4.79 Å². The Morgan fingerprint density at radius 2 is 2.27 bits per heavy atom. The van der Waals surface area contributed by atoms with Gasteiger partial charge in [0.05, 0.1) is 6.10 Å². The van der Waals surface area contributed by atoms with E-state index in [0.29, 0.717) is 24.2 Å². The van der Waals surface area contributed by atoms with Crippen molar-refractivity contribution in [1.82, 2.24) is 0 Å². The zero-order valence-corrected chi connectivity index (χ0v) is 10.6. The average molecular weight is 226 g/mol. The van der Waals surface area contributed by atoms with Gasteiger partial charge in [-0.1, -0.05) is 19.4 Å². The van der Waals surface area contributed by atoms with Crippen LogP contribution in [0.3, 0.4) is 0 Å². The van der Waals surface area contributed by atoms with Crippen molar-refractivity contribution in [3.05, 3.63) is 11.6 Å². The Morgan fingerprint density at radius 1 is 1.53 bits per heavy atom. The fourth-order valence-electron chi connectivity index (χ4n) is 3.00. The molecule has 4 atom stereocenters. The Kier molecular flexibility index (Phi) is 3.00. The molecule has 0 N–H and O–H groups in total. The smallest absolute Gasteiger partial charge is 0.155 e. The second-order valence-electron chi connectivity index (χ2n) is 5.06. The summed E-state index contributed by atoms with van der Waals surface area (Å²) in [7, 11) is 2.38. The lowest BCUT2D eigenvalue weighted by molar-refractivity contribution is -0.116. The second kappa shape index (κ2) is 3.99. The highest BCUT2D eigenvalue weighted by Crippen LogP contribution is 2.51. The quantitative estimate of drug-likeness (QED) is 0.643. The molecule has 0 radical (unpaired) electrons. The minimum atomic E-state index is 0.188.